The van der Waals surface area contributed by atoms with E-state index in [9.17, 15) is 0 Å². The number of nitrogens with two attached hydrogens (primary N) is 1. The Morgan fingerprint density at radius 3 is 3.00 bits per heavy atom. The molecule has 1 aromatic rings. The SMILES string of the molecule is CC1=CCC(C)c2c1ccnc2N. The molecule has 1 heterocycles. The van der Waals surface area contributed by atoms with E-state index < -0.39 is 0 Å². The molecule has 0 spiro atoms. The Morgan fingerprint density at radius 2 is 2.31 bits per heavy atom. The third-order valence-electron chi connectivity index (χ3n) is 2.72. The lowest BCUT2D eigenvalue weighted by Crippen LogP contribution is -2.08. The minimum Gasteiger partial charge on any atom is -0.383 e. The van der Waals surface area contributed by atoms with E-state index in [0.29, 0.717) is 11.7 Å². The maximum absolute atomic E-state index is 5.86. The molecule has 0 aliphatic heterocycles. The number of nitrogens with zero attached hydrogens (tertiary/aromatic N) is 1. The number of rotatable bonds is 0. The fourth-order valence-corrected chi connectivity index (χ4v) is 1.93. The van der Waals surface area contributed by atoms with E-state index in [4.69, 9.17) is 5.73 Å². The third-order valence-corrected chi connectivity index (χ3v) is 2.72. The van der Waals surface area contributed by atoms with Crippen LogP contribution in [0, 0.1) is 0 Å². The van der Waals surface area contributed by atoms with Gasteiger partial charge < -0.3 is 5.73 Å². The first-order valence-corrected chi connectivity index (χ1v) is 4.61. The first-order valence-electron chi connectivity index (χ1n) is 4.61. The molecule has 0 amide bonds. The highest BCUT2D eigenvalue weighted by Crippen LogP contribution is 2.36. The summed E-state index contributed by atoms with van der Waals surface area (Å²) in [5.41, 5.74) is 9.67. The van der Waals surface area contributed by atoms with E-state index in [0.717, 1.165) is 6.42 Å². The molecule has 0 aromatic carbocycles. The van der Waals surface area contributed by atoms with E-state index in [1.54, 1.807) is 6.20 Å². The van der Waals surface area contributed by atoms with Gasteiger partial charge in [0.05, 0.1) is 0 Å². The van der Waals surface area contributed by atoms with Crippen LogP contribution < -0.4 is 5.73 Å². The summed E-state index contributed by atoms with van der Waals surface area (Å²) >= 11 is 0. The van der Waals surface area contributed by atoms with Crippen molar-refractivity contribution >= 4 is 11.4 Å². The molecule has 0 fully saturated rings. The molecule has 1 atom stereocenters. The van der Waals surface area contributed by atoms with E-state index in [-0.39, 0.29) is 0 Å². The number of pyridine rings is 1. The van der Waals surface area contributed by atoms with Crippen LogP contribution in [0.3, 0.4) is 0 Å². The summed E-state index contributed by atoms with van der Waals surface area (Å²) in [4.78, 5) is 4.13. The second kappa shape index (κ2) is 2.87. The molecule has 0 saturated carbocycles. The molecular formula is C11H14N2. The number of allylic oxidation sites excluding steroid dienone is 2. The zero-order chi connectivity index (χ0) is 9.42. The summed E-state index contributed by atoms with van der Waals surface area (Å²) in [5, 5.41) is 0. The minimum absolute atomic E-state index is 0.507. The molecule has 0 bridgehead atoms. The van der Waals surface area contributed by atoms with Crippen molar-refractivity contribution in [3.8, 4) is 0 Å². The Labute approximate surface area is 78.5 Å². The van der Waals surface area contributed by atoms with Gasteiger partial charge in [-0.2, -0.15) is 0 Å². The van der Waals surface area contributed by atoms with Gasteiger partial charge in [-0.05, 0) is 36.5 Å². The van der Waals surface area contributed by atoms with E-state index in [1.165, 1.54) is 16.7 Å². The van der Waals surface area contributed by atoms with Gasteiger partial charge in [-0.1, -0.05) is 13.0 Å². The lowest BCUT2D eigenvalue weighted by molar-refractivity contribution is 0.765. The smallest absolute Gasteiger partial charge is 0.127 e. The predicted octanol–water partition coefficient (Wildman–Crippen LogP) is 2.57. The summed E-state index contributed by atoms with van der Waals surface area (Å²) in [7, 11) is 0. The van der Waals surface area contributed by atoms with Gasteiger partial charge in [-0.3, -0.25) is 0 Å². The van der Waals surface area contributed by atoms with Gasteiger partial charge in [0.25, 0.3) is 0 Å². The Morgan fingerprint density at radius 1 is 1.54 bits per heavy atom. The van der Waals surface area contributed by atoms with Crippen molar-refractivity contribution in [2.24, 2.45) is 0 Å². The fraction of sp³-hybridized carbons (Fsp3) is 0.364. The largest absolute Gasteiger partial charge is 0.383 e. The van der Waals surface area contributed by atoms with Crippen LogP contribution in [0.4, 0.5) is 5.82 Å². The Bertz CT molecular complexity index is 366. The zero-order valence-electron chi connectivity index (χ0n) is 8.04. The van der Waals surface area contributed by atoms with Crippen molar-refractivity contribution in [1.29, 1.82) is 0 Å². The molecule has 1 unspecified atom stereocenters. The highest BCUT2D eigenvalue weighted by Gasteiger charge is 2.18. The number of fused-ring (bicyclic) bond motifs is 1. The number of aromatic nitrogens is 1. The van der Waals surface area contributed by atoms with Crippen molar-refractivity contribution in [3.63, 3.8) is 0 Å². The van der Waals surface area contributed by atoms with Crippen molar-refractivity contribution in [2.45, 2.75) is 26.2 Å². The average molecular weight is 174 g/mol. The van der Waals surface area contributed by atoms with Crippen LogP contribution in [0.15, 0.2) is 18.3 Å². The van der Waals surface area contributed by atoms with E-state index in [2.05, 4.69) is 24.9 Å². The van der Waals surface area contributed by atoms with Crippen LogP contribution in [0.25, 0.3) is 5.57 Å². The van der Waals surface area contributed by atoms with Gasteiger partial charge >= 0.3 is 0 Å². The standard InChI is InChI=1S/C11H14N2/c1-7-3-4-8(2)10-9(7)5-6-13-11(10)12/h3,5-6,8H,4H2,1-2H3,(H2,12,13). The third kappa shape index (κ3) is 1.22. The quantitative estimate of drug-likeness (QED) is 0.656. The van der Waals surface area contributed by atoms with E-state index >= 15 is 0 Å². The first kappa shape index (κ1) is 8.30. The van der Waals surface area contributed by atoms with Crippen LogP contribution in [0.2, 0.25) is 0 Å². The maximum atomic E-state index is 5.86. The maximum Gasteiger partial charge on any atom is 0.127 e. The first-order chi connectivity index (χ1) is 6.20. The number of nitrogen functional groups attached to an aromatic ring is 1. The number of anilines is 1. The molecule has 2 nitrogen and oxygen atoms in total. The van der Waals surface area contributed by atoms with Gasteiger partial charge in [0.15, 0.2) is 0 Å². The van der Waals surface area contributed by atoms with Gasteiger partial charge in [-0.15, -0.1) is 0 Å². The summed E-state index contributed by atoms with van der Waals surface area (Å²) in [6.07, 6.45) is 5.13. The Balaban J connectivity index is 2.66. The molecule has 1 aromatic heterocycles. The predicted molar refractivity (Wildman–Crippen MR) is 55.3 cm³/mol. The second-order valence-corrected chi connectivity index (χ2v) is 3.68. The van der Waals surface area contributed by atoms with Crippen molar-refractivity contribution < 1.29 is 0 Å². The summed E-state index contributed by atoms with van der Waals surface area (Å²) in [5.74, 6) is 1.20. The average Bonchev–Trinajstić information content (AvgIpc) is 2.12. The van der Waals surface area contributed by atoms with Crippen LogP contribution in [-0.4, -0.2) is 4.98 Å². The van der Waals surface area contributed by atoms with E-state index in [1.807, 2.05) is 6.07 Å². The number of hydrogen-bond donors (Lipinski definition) is 1. The summed E-state index contributed by atoms with van der Waals surface area (Å²) < 4.78 is 0. The highest BCUT2D eigenvalue weighted by atomic mass is 14.8. The van der Waals surface area contributed by atoms with Gasteiger partial charge in [0, 0.05) is 11.8 Å². The zero-order valence-corrected chi connectivity index (χ0v) is 8.04. The molecule has 68 valence electrons. The van der Waals surface area contributed by atoms with Crippen LogP contribution >= 0.6 is 0 Å². The molecule has 2 rings (SSSR count). The van der Waals surface area contributed by atoms with Gasteiger partial charge in [-0.25, -0.2) is 4.98 Å². The molecule has 1 aliphatic rings. The summed E-state index contributed by atoms with van der Waals surface area (Å²) in [6.45, 7) is 4.32. The lowest BCUT2D eigenvalue weighted by atomic mass is 9.85. The molecule has 0 saturated heterocycles. The molecular weight excluding hydrogens is 160 g/mol. The molecule has 2 heteroatoms. The van der Waals surface area contributed by atoms with Crippen LogP contribution in [0.5, 0.6) is 0 Å². The minimum atomic E-state index is 0.507. The van der Waals surface area contributed by atoms with Gasteiger partial charge in [0.1, 0.15) is 5.82 Å². The van der Waals surface area contributed by atoms with Gasteiger partial charge in [0.2, 0.25) is 0 Å². The topological polar surface area (TPSA) is 38.9 Å². The van der Waals surface area contributed by atoms with Crippen LogP contribution in [0.1, 0.15) is 37.3 Å². The number of hydrogen-bond acceptors (Lipinski definition) is 2. The summed E-state index contributed by atoms with van der Waals surface area (Å²) in [6, 6.07) is 2.05. The molecule has 0 radical (unpaired) electrons. The molecule has 13 heavy (non-hydrogen) atoms. The second-order valence-electron chi connectivity index (χ2n) is 3.68. The Hall–Kier alpha value is -1.31. The Kier molecular flexibility index (Phi) is 1.83. The molecule has 2 N–H and O–H groups in total. The van der Waals surface area contributed by atoms with Crippen molar-refractivity contribution in [1.82, 2.24) is 4.98 Å². The monoisotopic (exact) mass is 174 g/mol. The lowest BCUT2D eigenvalue weighted by Gasteiger charge is -2.21. The van der Waals surface area contributed by atoms with Crippen LogP contribution in [-0.2, 0) is 0 Å². The molecule has 1 aliphatic carbocycles. The fourth-order valence-electron chi connectivity index (χ4n) is 1.93. The highest BCUT2D eigenvalue weighted by molar-refractivity contribution is 5.72. The normalized spacial score (nSPS) is 20.8. The van der Waals surface area contributed by atoms with Crippen molar-refractivity contribution in [3.05, 3.63) is 29.5 Å². The van der Waals surface area contributed by atoms with Crippen molar-refractivity contribution in [2.75, 3.05) is 5.73 Å².